The van der Waals surface area contributed by atoms with Gasteiger partial charge in [-0.3, -0.25) is 0 Å². The lowest BCUT2D eigenvalue weighted by Crippen LogP contribution is -2.19. The Bertz CT molecular complexity index is 574. The van der Waals surface area contributed by atoms with E-state index in [-0.39, 0.29) is 6.61 Å². The van der Waals surface area contributed by atoms with Crippen LogP contribution in [-0.2, 0) is 17.9 Å². The van der Waals surface area contributed by atoms with Gasteiger partial charge in [0.2, 0.25) is 11.7 Å². The van der Waals surface area contributed by atoms with E-state index < -0.39 is 0 Å². The molecule has 0 saturated carbocycles. The Morgan fingerprint density at radius 3 is 2.95 bits per heavy atom. The van der Waals surface area contributed by atoms with Gasteiger partial charge >= 0.3 is 0 Å². The monoisotopic (exact) mass is 311 g/mol. The largest absolute Gasteiger partial charge is 0.485 e. The third-order valence-electron chi connectivity index (χ3n) is 2.75. The summed E-state index contributed by atoms with van der Waals surface area (Å²) >= 11 is 6.03. The fourth-order valence-corrected chi connectivity index (χ4v) is 1.96. The molecule has 21 heavy (non-hydrogen) atoms. The molecule has 0 saturated heterocycles. The third kappa shape index (κ3) is 5.00. The lowest BCUT2D eigenvalue weighted by atomic mass is 10.2. The number of hydrogen-bond donors (Lipinski definition) is 1. The summed E-state index contributed by atoms with van der Waals surface area (Å²) in [6, 6.07) is 5.50. The third-order valence-corrected chi connectivity index (χ3v) is 2.98. The number of halogens is 1. The average molecular weight is 312 g/mol. The quantitative estimate of drug-likeness (QED) is 0.755. The molecule has 2 rings (SSSR count). The number of ether oxygens (including phenoxy) is 2. The van der Waals surface area contributed by atoms with E-state index in [0.717, 1.165) is 17.9 Å². The first-order chi connectivity index (χ1) is 10.2. The molecule has 0 amide bonds. The molecular formula is C14H18ClN3O3. The van der Waals surface area contributed by atoms with Crippen molar-refractivity contribution in [3.8, 4) is 5.75 Å². The Morgan fingerprint density at radius 1 is 1.38 bits per heavy atom. The molecule has 1 aromatic carbocycles. The van der Waals surface area contributed by atoms with Crippen molar-refractivity contribution in [2.75, 3.05) is 20.3 Å². The molecule has 0 fully saturated rings. The van der Waals surface area contributed by atoms with Gasteiger partial charge in [-0.15, -0.1) is 0 Å². The lowest BCUT2D eigenvalue weighted by Gasteiger charge is -2.11. The Morgan fingerprint density at radius 2 is 2.24 bits per heavy atom. The van der Waals surface area contributed by atoms with E-state index >= 15 is 0 Å². The molecule has 0 bridgehead atoms. The lowest BCUT2D eigenvalue weighted by molar-refractivity contribution is 0.199. The van der Waals surface area contributed by atoms with Crippen LogP contribution in [0.4, 0.5) is 0 Å². The number of nitrogens with one attached hydrogen (secondary N) is 1. The first-order valence-corrected chi connectivity index (χ1v) is 6.97. The van der Waals surface area contributed by atoms with Gasteiger partial charge in [0.15, 0.2) is 6.61 Å². The van der Waals surface area contributed by atoms with Gasteiger partial charge in [0.25, 0.3) is 0 Å². The molecule has 0 radical (unpaired) electrons. The van der Waals surface area contributed by atoms with Crippen molar-refractivity contribution in [2.24, 2.45) is 0 Å². The zero-order chi connectivity index (χ0) is 15.1. The molecule has 2 aromatic rings. The summed E-state index contributed by atoms with van der Waals surface area (Å²) in [6.07, 6.45) is 0. The normalized spacial score (nSPS) is 10.8. The molecule has 7 heteroatoms. The standard InChI is InChI=1S/C14H18ClN3O3/c1-10-17-14(18-21-10)9-20-13-4-3-12(15)7-11(13)8-16-5-6-19-2/h3-4,7,16H,5-6,8-9H2,1-2H3. The van der Waals surface area contributed by atoms with Gasteiger partial charge in [-0.1, -0.05) is 16.8 Å². The van der Waals surface area contributed by atoms with E-state index in [1.54, 1.807) is 20.1 Å². The van der Waals surface area contributed by atoms with Crippen LogP contribution in [0.5, 0.6) is 5.75 Å². The van der Waals surface area contributed by atoms with Crippen LogP contribution in [0.2, 0.25) is 5.02 Å². The SMILES string of the molecule is COCCNCc1cc(Cl)ccc1OCc1noc(C)n1. The molecule has 0 atom stereocenters. The van der Waals surface area contributed by atoms with Gasteiger partial charge in [-0.25, -0.2) is 0 Å². The van der Waals surface area contributed by atoms with Crippen molar-refractivity contribution < 1.29 is 14.0 Å². The summed E-state index contributed by atoms with van der Waals surface area (Å²) in [7, 11) is 1.67. The Kier molecular flexibility index (Phi) is 5.98. The fourth-order valence-electron chi connectivity index (χ4n) is 1.77. The highest BCUT2D eigenvalue weighted by atomic mass is 35.5. The first kappa shape index (κ1) is 15.8. The Balaban J connectivity index is 1.97. The molecular weight excluding hydrogens is 294 g/mol. The maximum Gasteiger partial charge on any atom is 0.223 e. The number of hydrogen-bond acceptors (Lipinski definition) is 6. The van der Waals surface area contributed by atoms with Crippen LogP contribution in [0.15, 0.2) is 22.7 Å². The van der Waals surface area contributed by atoms with Gasteiger partial charge in [0.1, 0.15) is 5.75 Å². The maximum absolute atomic E-state index is 6.03. The van der Waals surface area contributed by atoms with E-state index in [1.807, 2.05) is 12.1 Å². The number of methoxy groups -OCH3 is 1. The number of rotatable bonds is 8. The van der Waals surface area contributed by atoms with Gasteiger partial charge in [-0.2, -0.15) is 4.98 Å². The second kappa shape index (κ2) is 7.97. The zero-order valence-corrected chi connectivity index (χ0v) is 12.8. The summed E-state index contributed by atoms with van der Waals surface area (Å²) in [5.74, 6) is 1.78. The molecule has 0 aliphatic heterocycles. The van der Waals surface area contributed by atoms with Crippen LogP contribution in [0.25, 0.3) is 0 Å². The second-order valence-electron chi connectivity index (χ2n) is 4.44. The number of aryl methyl sites for hydroxylation is 1. The van der Waals surface area contributed by atoms with Crippen molar-refractivity contribution in [3.05, 3.63) is 40.5 Å². The van der Waals surface area contributed by atoms with E-state index in [9.17, 15) is 0 Å². The number of nitrogens with zero attached hydrogens (tertiary/aromatic N) is 2. The van der Waals surface area contributed by atoms with Crippen LogP contribution in [0.1, 0.15) is 17.3 Å². The molecule has 0 aliphatic rings. The molecule has 1 aromatic heterocycles. The highest BCUT2D eigenvalue weighted by Crippen LogP contribution is 2.23. The Hall–Kier alpha value is -1.63. The minimum atomic E-state index is 0.254. The summed E-state index contributed by atoms with van der Waals surface area (Å²) in [4.78, 5) is 4.10. The number of benzene rings is 1. The van der Waals surface area contributed by atoms with Gasteiger partial charge in [0, 0.05) is 37.7 Å². The van der Waals surface area contributed by atoms with Gasteiger partial charge < -0.3 is 19.3 Å². The topological polar surface area (TPSA) is 69.4 Å². The summed E-state index contributed by atoms with van der Waals surface area (Å²) in [5.41, 5.74) is 0.971. The highest BCUT2D eigenvalue weighted by molar-refractivity contribution is 6.30. The minimum absolute atomic E-state index is 0.254. The van der Waals surface area contributed by atoms with Crippen LogP contribution in [0, 0.1) is 6.92 Å². The van der Waals surface area contributed by atoms with Crippen molar-refractivity contribution in [3.63, 3.8) is 0 Å². The molecule has 114 valence electrons. The maximum atomic E-state index is 6.03. The molecule has 0 spiro atoms. The molecule has 0 unspecified atom stereocenters. The molecule has 6 nitrogen and oxygen atoms in total. The molecule has 1 N–H and O–H groups in total. The van der Waals surface area contributed by atoms with Crippen molar-refractivity contribution in [2.45, 2.75) is 20.1 Å². The predicted octanol–water partition coefficient (Wildman–Crippen LogP) is 2.35. The first-order valence-electron chi connectivity index (χ1n) is 6.59. The van der Waals surface area contributed by atoms with Crippen molar-refractivity contribution in [1.82, 2.24) is 15.5 Å². The van der Waals surface area contributed by atoms with Gasteiger partial charge in [-0.05, 0) is 18.2 Å². The van der Waals surface area contributed by atoms with Crippen LogP contribution >= 0.6 is 11.6 Å². The smallest absolute Gasteiger partial charge is 0.223 e. The fraction of sp³-hybridized carbons (Fsp3) is 0.429. The van der Waals surface area contributed by atoms with E-state index in [1.165, 1.54) is 0 Å². The van der Waals surface area contributed by atoms with E-state index in [2.05, 4.69) is 15.5 Å². The molecule has 1 heterocycles. The summed E-state index contributed by atoms with van der Waals surface area (Å²) in [5, 5.41) is 7.72. The van der Waals surface area contributed by atoms with Crippen LogP contribution < -0.4 is 10.1 Å². The van der Waals surface area contributed by atoms with Crippen molar-refractivity contribution >= 4 is 11.6 Å². The van der Waals surface area contributed by atoms with Crippen molar-refractivity contribution in [1.29, 1.82) is 0 Å². The summed E-state index contributed by atoms with van der Waals surface area (Å²) in [6.45, 7) is 4.05. The average Bonchev–Trinajstić information content (AvgIpc) is 2.88. The van der Waals surface area contributed by atoms with Crippen LogP contribution in [0.3, 0.4) is 0 Å². The second-order valence-corrected chi connectivity index (χ2v) is 4.88. The zero-order valence-electron chi connectivity index (χ0n) is 12.1. The Labute approximate surface area is 128 Å². The van der Waals surface area contributed by atoms with E-state index in [0.29, 0.717) is 29.9 Å². The van der Waals surface area contributed by atoms with Crippen LogP contribution in [-0.4, -0.2) is 30.4 Å². The molecule has 0 aliphatic carbocycles. The number of aromatic nitrogens is 2. The minimum Gasteiger partial charge on any atom is -0.485 e. The summed E-state index contributed by atoms with van der Waals surface area (Å²) < 4.78 is 15.6. The van der Waals surface area contributed by atoms with E-state index in [4.69, 9.17) is 25.6 Å². The highest BCUT2D eigenvalue weighted by Gasteiger charge is 2.08. The predicted molar refractivity (Wildman–Crippen MR) is 78.4 cm³/mol. The van der Waals surface area contributed by atoms with Gasteiger partial charge in [0.05, 0.1) is 6.61 Å².